The highest BCUT2D eigenvalue weighted by molar-refractivity contribution is 5.44. The molecule has 0 amide bonds. The minimum atomic E-state index is -1.65. The minimum Gasteiger partial charge on any atom is -0.313 e. The number of halogens is 4. The molecule has 94 valence electrons. The van der Waals surface area contributed by atoms with Gasteiger partial charge in [0.05, 0.1) is 0 Å². The monoisotopic (exact) mass is 249 g/mol. The van der Waals surface area contributed by atoms with Crippen LogP contribution < -0.4 is 5.43 Å². The fraction of sp³-hybridized carbons (Fsp3) is 0.500. The third kappa shape index (κ3) is 2.49. The van der Waals surface area contributed by atoms with Gasteiger partial charge in [-0.2, -0.15) is 22.5 Å². The Morgan fingerprint density at radius 3 is 1.94 bits per heavy atom. The molecule has 1 aliphatic heterocycles. The van der Waals surface area contributed by atoms with E-state index < -0.39 is 29.2 Å². The fourth-order valence-corrected chi connectivity index (χ4v) is 1.75. The van der Waals surface area contributed by atoms with Gasteiger partial charge in [-0.3, -0.25) is 0 Å². The second-order valence-corrected chi connectivity index (χ2v) is 3.86. The highest BCUT2D eigenvalue weighted by Crippen LogP contribution is 2.23. The molecule has 1 fully saturated rings. The maximum atomic E-state index is 13.3. The summed E-state index contributed by atoms with van der Waals surface area (Å²) in [6.45, 7) is 1.15. The van der Waals surface area contributed by atoms with Crippen molar-refractivity contribution in [3.8, 4) is 0 Å². The zero-order chi connectivity index (χ0) is 12.4. The van der Waals surface area contributed by atoms with Gasteiger partial charge in [-0.15, -0.1) is 0 Å². The molecular weight excluding hydrogens is 238 g/mol. The predicted molar refractivity (Wildman–Crippen MR) is 53.1 cm³/mol. The van der Waals surface area contributed by atoms with E-state index in [1.165, 1.54) is 5.01 Å². The molecule has 0 radical (unpaired) electrons. The van der Waals surface area contributed by atoms with Crippen LogP contribution in [0.1, 0.15) is 19.3 Å². The minimum absolute atomic E-state index is 0.574. The maximum Gasteiger partial charge on any atom is 0.253 e. The Morgan fingerprint density at radius 1 is 0.882 bits per heavy atom. The summed E-state index contributed by atoms with van der Waals surface area (Å²) in [6.07, 6.45) is 2.76. The molecule has 0 spiro atoms. The van der Waals surface area contributed by atoms with Crippen molar-refractivity contribution in [2.75, 3.05) is 18.5 Å². The molecule has 1 aromatic heterocycles. The van der Waals surface area contributed by atoms with Gasteiger partial charge in [-0.1, -0.05) is 6.42 Å². The van der Waals surface area contributed by atoms with Gasteiger partial charge >= 0.3 is 0 Å². The summed E-state index contributed by atoms with van der Waals surface area (Å²) >= 11 is 0. The van der Waals surface area contributed by atoms with Gasteiger partial charge in [0.25, 0.3) is 11.9 Å². The summed E-state index contributed by atoms with van der Waals surface area (Å²) in [5.74, 6) is -6.31. The van der Waals surface area contributed by atoms with Crippen LogP contribution in [0.3, 0.4) is 0 Å². The van der Waals surface area contributed by atoms with E-state index >= 15 is 0 Å². The highest BCUT2D eigenvalue weighted by Gasteiger charge is 2.22. The number of nitrogens with one attached hydrogen (secondary N) is 1. The molecule has 0 aromatic carbocycles. The lowest BCUT2D eigenvalue weighted by Gasteiger charge is -2.28. The van der Waals surface area contributed by atoms with E-state index in [4.69, 9.17) is 0 Å². The van der Waals surface area contributed by atoms with Crippen LogP contribution in [0.15, 0.2) is 0 Å². The van der Waals surface area contributed by atoms with E-state index in [2.05, 4.69) is 10.4 Å². The Hall–Kier alpha value is -1.37. The van der Waals surface area contributed by atoms with Crippen LogP contribution in [0, 0.1) is 23.5 Å². The van der Waals surface area contributed by atoms with Crippen molar-refractivity contribution in [1.29, 1.82) is 0 Å². The summed E-state index contributed by atoms with van der Waals surface area (Å²) in [4.78, 5) is 2.48. The van der Waals surface area contributed by atoms with Crippen LogP contribution in [0.5, 0.6) is 0 Å². The normalized spacial score (nSPS) is 17.2. The lowest BCUT2D eigenvalue weighted by molar-refractivity contribution is 0.268. The van der Waals surface area contributed by atoms with Crippen LogP contribution in [0.4, 0.5) is 23.2 Å². The van der Waals surface area contributed by atoms with Gasteiger partial charge in [0.15, 0.2) is 0 Å². The van der Waals surface area contributed by atoms with Crippen LogP contribution >= 0.6 is 0 Å². The van der Waals surface area contributed by atoms with Crippen LogP contribution in [0.25, 0.3) is 0 Å². The molecule has 17 heavy (non-hydrogen) atoms. The molecule has 2 heterocycles. The average molecular weight is 249 g/mol. The summed E-state index contributed by atoms with van der Waals surface area (Å²) < 4.78 is 52.2. The van der Waals surface area contributed by atoms with Crippen molar-refractivity contribution in [2.45, 2.75) is 19.3 Å². The van der Waals surface area contributed by atoms with Gasteiger partial charge < -0.3 is 5.43 Å². The second kappa shape index (κ2) is 4.87. The Balaban J connectivity index is 2.24. The van der Waals surface area contributed by atoms with Gasteiger partial charge in [0.1, 0.15) is 5.69 Å². The Bertz CT molecular complexity index is 392. The van der Waals surface area contributed by atoms with Crippen molar-refractivity contribution in [2.24, 2.45) is 0 Å². The molecule has 2 rings (SSSR count). The third-order valence-corrected chi connectivity index (χ3v) is 2.62. The number of aromatic nitrogens is 1. The first-order valence-electron chi connectivity index (χ1n) is 5.31. The van der Waals surface area contributed by atoms with E-state index in [1.807, 2.05) is 0 Å². The summed E-state index contributed by atoms with van der Waals surface area (Å²) in [5.41, 5.74) is 1.54. The molecule has 1 aliphatic rings. The second-order valence-electron chi connectivity index (χ2n) is 3.86. The lowest BCUT2D eigenvalue weighted by Crippen LogP contribution is -2.35. The molecule has 0 atom stereocenters. The van der Waals surface area contributed by atoms with Crippen molar-refractivity contribution in [3.63, 3.8) is 0 Å². The van der Waals surface area contributed by atoms with Crippen LogP contribution in [0.2, 0.25) is 0 Å². The summed E-state index contributed by atoms with van der Waals surface area (Å²) in [6, 6.07) is 0. The Labute approximate surface area is 95.4 Å². The topological polar surface area (TPSA) is 28.2 Å². The van der Waals surface area contributed by atoms with Crippen molar-refractivity contribution in [3.05, 3.63) is 23.5 Å². The van der Waals surface area contributed by atoms with Gasteiger partial charge in [0.2, 0.25) is 11.6 Å². The molecule has 0 unspecified atom stereocenters. The third-order valence-electron chi connectivity index (χ3n) is 2.62. The average Bonchev–Trinajstić information content (AvgIpc) is 2.33. The first-order valence-corrected chi connectivity index (χ1v) is 5.31. The number of hydrogen-bond donors (Lipinski definition) is 1. The van der Waals surface area contributed by atoms with Gasteiger partial charge in [-0.25, -0.2) is 5.01 Å². The standard InChI is InChI=1S/C10H11F4N3/c11-6-8(7(12)10(14)15-9(6)13)16-17-4-2-1-3-5-17/h1-5H2,(H,15,16). The fourth-order valence-electron chi connectivity index (χ4n) is 1.75. The first kappa shape index (κ1) is 12.1. The molecular formula is C10H11F4N3. The number of pyridine rings is 1. The molecule has 1 saturated heterocycles. The van der Waals surface area contributed by atoms with Crippen LogP contribution in [-0.2, 0) is 0 Å². The SMILES string of the molecule is Fc1nc(F)c(F)c(NN2CCCCC2)c1F. The molecule has 0 saturated carbocycles. The predicted octanol–water partition coefficient (Wildman–Crippen LogP) is 2.45. The Kier molecular flexibility index (Phi) is 3.46. The lowest BCUT2D eigenvalue weighted by atomic mass is 10.2. The van der Waals surface area contributed by atoms with Crippen molar-refractivity contribution < 1.29 is 17.6 Å². The zero-order valence-corrected chi connectivity index (χ0v) is 8.94. The zero-order valence-electron chi connectivity index (χ0n) is 8.94. The quantitative estimate of drug-likeness (QED) is 0.644. The number of nitrogens with zero attached hydrogens (tertiary/aromatic N) is 2. The molecule has 7 heteroatoms. The van der Waals surface area contributed by atoms with E-state index in [-0.39, 0.29) is 0 Å². The van der Waals surface area contributed by atoms with Crippen molar-refractivity contribution in [1.82, 2.24) is 9.99 Å². The molecule has 0 bridgehead atoms. The Morgan fingerprint density at radius 2 is 1.41 bits per heavy atom. The van der Waals surface area contributed by atoms with E-state index in [0.717, 1.165) is 19.3 Å². The van der Waals surface area contributed by atoms with E-state index in [0.29, 0.717) is 13.1 Å². The molecule has 3 nitrogen and oxygen atoms in total. The van der Waals surface area contributed by atoms with E-state index in [9.17, 15) is 17.6 Å². The smallest absolute Gasteiger partial charge is 0.253 e. The summed E-state index contributed by atoms with van der Waals surface area (Å²) in [5, 5.41) is 1.53. The maximum absolute atomic E-state index is 13.3. The molecule has 1 N–H and O–H groups in total. The number of rotatable bonds is 2. The number of piperidine rings is 1. The summed E-state index contributed by atoms with van der Waals surface area (Å²) in [7, 11) is 0. The largest absolute Gasteiger partial charge is 0.313 e. The molecule has 1 aromatic rings. The van der Waals surface area contributed by atoms with Gasteiger partial charge in [-0.05, 0) is 12.8 Å². The van der Waals surface area contributed by atoms with Crippen LogP contribution in [-0.4, -0.2) is 23.1 Å². The highest BCUT2D eigenvalue weighted by atomic mass is 19.2. The van der Waals surface area contributed by atoms with Gasteiger partial charge in [0, 0.05) is 13.1 Å². The van der Waals surface area contributed by atoms with E-state index in [1.54, 1.807) is 0 Å². The first-order chi connectivity index (χ1) is 8.09. The number of hydrogen-bond acceptors (Lipinski definition) is 3. The van der Waals surface area contributed by atoms with Crippen molar-refractivity contribution >= 4 is 5.69 Å². The number of hydrazine groups is 1. The number of anilines is 1. The molecule has 0 aliphatic carbocycles.